The number of fused-ring (bicyclic) bond motifs is 18. The maximum atomic E-state index is 5.28. The van der Waals surface area contributed by atoms with Crippen molar-refractivity contribution in [2.24, 2.45) is 0 Å². The first kappa shape index (κ1) is 87.3. The Kier molecular flexibility index (Phi) is 21.6. The van der Waals surface area contributed by atoms with E-state index in [1.54, 1.807) is 0 Å². The molecule has 9 heterocycles. The van der Waals surface area contributed by atoms with Gasteiger partial charge < -0.3 is 13.7 Å². The third-order valence-corrected chi connectivity index (χ3v) is 28.9. The second-order valence-corrected chi connectivity index (χ2v) is 37.7. The molecule has 21 aromatic carbocycles. The smallest absolute Gasteiger partial charge is 0.238 e. The molecule has 14 heteroatoms. The predicted molar refractivity (Wildman–Crippen MR) is 617 cm³/mol. The lowest BCUT2D eigenvalue weighted by Gasteiger charge is -2.13. The Morgan fingerprint density at radius 3 is 0.667 bits per heavy atom. The van der Waals surface area contributed by atoms with Crippen LogP contribution in [0.3, 0.4) is 0 Å². The van der Waals surface area contributed by atoms with Crippen LogP contribution in [0.4, 0.5) is 0 Å². The van der Waals surface area contributed by atoms with Gasteiger partial charge in [-0.15, -0.1) is 0 Å². The molecule has 0 aliphatic heterocycles. The van der Waals surface area contributed by atoms with Gasteiger partial charge in [-0.2, -0.15) is 19.9 Å². The monoisotopic (exact) mass is 1920 g/mol. The first-order chi connectivity index (χ1) is 74.4. The van der Waals surface area contributed by atoms with Gasteiger partial charge in [0.05, 0.1) is 71.9 Å². The number of aromatic nitrogens is 14. The summed E-state index contributed by atoms with van der Waals surface area (Å²) < 4.78 is 13.8. The van der Waals surface area contributed by atoms with Crippen molar-refractivity contribution in [3.05, 3.63) is 534 Å². The predicted octanol–water partition coefficient (Wildman–Crippen LogP) is 33.8. The molecule has 0 radical (unpaired) electrons. The molecule has 702 valence electrons. The number of para-hydroxylation sites is 8. The van der Waals surface area contributed by atoms with E-state index in [0.717, 1.165) is 144 Å². The van der Waals surface area contributed by atoms with E-state index in [0.29, 0.717) is 41.0 Å². The minimum atomic E-state index is 0.566. The van der Waals surface area contributed by atoms with Crippen LogP contribution in [0, 0.1) is 0 Å². The zero-order chi connectivity index (χ0) is 99.1. The lowest BCUT2D eigenvalue weighted by Crippen LogP contribution is -2.06. The standard InChI is InChI=1S/C51H33N5.C45H29N5.C40H26N4/c1-3-15-34(16-4-1)36-19-13-21-38(31-36)49-52-50(39-22-14-20-37(32-39)35-17-5-2-6-18-35)54-51(53-49)56-47-28-12-9-25-43(47)44-33-40(29-30-48(44)56)55-45-26-10-7-23-41(45)42-24-8-11-27-46(42)55;1-4-14-30(15-5-1)33-24-26-41-37(28-33)38-29-34(49-39-22-12-10-20-35(39)36-21-11-13-23-40(36)49)25-27-42(38)50(41)45-47-43(31-16-6-2-7-17-31)46-44(48-45)32-18-8-3-9-19-32;1-3-13-27(14-4-1)34-26-39(42-40(41-34)28-15-5-2-6-16-28)44-37-22-12-9-19-32(37)33-25-29(23-24-38(33)44)43-35-20-10-7-17-30(35)31-18-8-11-21-36(31)43/h1-33H;1-29H;1-26H. The highest BCUT2D eigenvalue weighted by Crippen LogP contribution is 2.45. The minimum Gasteiger partial charge on any atom is -0.309 e. The topological polar surface area (TPSA) is 133 Å². The molecule has 0 amide bonds. The van der Waals surface area contributed by atoms with E-state index in [-0.39, 0.29) is 0 Å². The maximum Gasteiger partial charge on any atom is 0.238 e. The molecule has 30 rings (SSSR count). The fourth-order valence-corrected chi connectivity index (χ4v) is 22.0. The minimum absolute atomic E-state index is 0.566. The first-order valence-electron chi connectivity index (χ1n) is 50.5. The summed E-state index contributed by atoms with van der Waals surface area (Å²) in [5, 5.41) is 14.4. The molecule has 0 N–H and O–H groups in total. The molecule has 0 spiro atoms. The summed E-state index contributed by atoms with van der Waals surface area (Å²) in [5.41, 5.74) is 30.3. The zero-order valence-electron chi connectivity index (χ0n) is 81.1. The molecule has 9 aromatic heterocycles. The molecule has 0 saturated heterocycles. The van der Waals surface area contributed by atoms with Gasteiger partial charge >= 0.3 is 0 Å². The van der Waals surface area contributed by atoms with Gasteiger partial charge in [-0.05, 0) is 161 Å². The Morgan fingerprint density at radius 1 is 0.113 bits per heavy atom. The van der Waals surface area contributed by atoms with Crippen LogP contribution in [-0.2, 0) is 0 Å². The molecular formula is C136H88N14. The third-order valence-electron chi connectivity index (χ3n) is 28.9. The normalized spacial score (nSPS) is 11.6. The summed E-state index contributed by atoms with van der Waals surface area (Å²) in [6, 6.07) is 187. The van der Waals surface area contributed by atoms with Crippen molar-refractivity contribution < 1.29 is 0 Å². The van der Waals surface area contributed by atoms with E-state index in [1.165, 1.54) is 81.8 Å². The maximum absolute atomic E-state index is 5.28. The summed E-state index contributed by atoms with van der Waals surface area (Å²) in [7, 11) is 0. The van der Waals surface area contributed by atoms with Crippen molar-refractivity contribution in [1.82, 2.24) is 67.3 Å². The van der Waals surface area contributed by atoms with Gasteiger partial charge in [0.25, 0.3) is 0 Å². The summed E-state index contributed by atoms with van der Waals surface area (Å²) in [6.45, 7) is 0. The molecule has 0 atom stereocenters. The van der Waals surface area contributed by atoms with Gasteiger partial charge in [-0.3, -0.25) is 13.7 Å². The highest BCUT2D eigenvalue weighted by atomic mass is 15.2. The van der Waals surface area contributed by atoms with Crippen molar-refractivity contribution in [2.75, 3.05) is 0 Å². The number of rotatable bonds is 15. The Labute approximate surface area is 862 Å². The van der Waals surface area contributed by atoms with Crippen molar-refractivity contribution in [3.8, 4) is 136 Å². The van der Waals surface area contributed by atoms with Crippen molar-refractivity contribution >= 4 is 131 Å². The Bertz CT molecular complexity index is 10100. The average molecular weight is 1920 g/mol. The Balaban J connectivity index is 0.000000109. The number of nitrogens with zero attached hydrogens (tertiary/aromatic N) is 14. The zero-order valence-corrected chi connectivity index (χ0v) is 81.1. The third kappa shape index (κ3) is 15.4. The number of benzene rings is 21. The van der Waals surface area contributed by atoms with E-state index in [4.69, 9.17) is 39.9 Å². The van der Waals surface area contributed by atoms with E-state index < -0.39 is 0 Å². The second kappa shape index (κ2) is 37.0. The fraction of sp³-hybridized carbons (Fsp3) is 0. The molecule has 0 aliphatic carbocycles. The van der Waals surface area contributed by atoms with Crippen molar-refractivity contribution in [3.63, 3.8) is 0 Å². The van der Waals surface area contributed by atoms with Gasteiger partial charge in [0.2, 0.25) is 11.9 Å². The second-order valence-electron chi connectivity index (χ2n) is 37.7. The SMILES string of the molecule is c1ccc(-c2cc(-n3c4ccccc4c4cc(-n5c6ccccc6c6ccccc65)ccc43)nc(-c3ccccc3)n2)cc1.c1ccc(-c2ccc3c(c2)c2cc(-n4c5ccccc5c5ccccc54)ccc2n3-c2nc(-c3ccccc3)nc(-c3ccccc3)n2)cc1.c1ccc(-c2cccc(-c3nc(-c4cccc(-c5ccccc5)c4)nc(-n4c5ccccc5c5cc(-n6c7ccccc7c7ccccc76)ccc54)n3)c2)cc1. The van der Waals surface area contributed by atoms with Crippen LogP contribution < -0.4 is 0 Å². The van der Waals surface area contributed by atoms with Crippen LogP contribution in [-0.4, -0.2) is 67.3 Å². The van der Waals surface area contributed by atoms with Crippen LogP contribution in [0.5, 0.6) is 0 Å². The van der Waals surface area contributed by atoms with Crippen molar-refractivity contribution in [1.29, 1.82) is 0 Å². The molecule has 0 unspecified atom stereocenters. The van der Waals surface area contributed by atoms with Crippen LogP contribution >= 0.6 is 0 Å². The van der Waals surface area contributed by atoms with Gasteiger partial charge in [0, 0.05) is 121 Å². The Hall–Kier alpha value is -20.5. The molecule has 0 saturated carbocycles. The summed E-state index contributed by atoms with van der Waals surface area (Å²) in [4.78, 5) is 41.2. The van der Waals surface area contributed by atoms with Gasteiger partial charge in [0.1, 0.15) is 5.82 Å². The highest BCUT2D eigenvalue weighted by Gasteiger charge is 2.27. The Morgan fingerprint density at radius 2 is 0.333 bits per heavy atom. The molecule has 150 heavy (non-hydrogen) atoms. The molecule has 30 aromatic rings. The number of hydrogen-bond donors (Lipinski definition) is 0. The molecule has 0 fully saturated rings. The van der Waals surface area contributed by atoms with Gasteiger partial charge in [-0.1, -0.05) is 400 Å². The van der Waals surface area contributed by atoms with Crippen LogP contribution in [0.25, 0.3) is 267 Å². The van der Waals surface area contributed by atoms with E-state index in [2.05, 4.69) is 464 Å². The van der Waals surface area contributed by atoms with Crippen molar-refractivity contribution in [2.45, 2.75) is 0 Å². The lowest BCUT2D eigenvalue weighted by atomic mass is 10.0. The van der Waals surface area contributed by atoms with Crippen LogP contribution in [0.15, 0.2) is 534 Å². The summed E-state index contributed by atoms with van der Waals surface area (Å²) in [6.07, 6.45) is 0. The largest absolute Gasteiger partial charge is 0.309 e. The number of hydrogen-bond acceptors (Lipinski definition) is 8. The van der Waals surface area contributed by atoms with E-state index in [9.17, 15) is 0 Å². The van der Waals surface area contributed by atoms with Crippen LogP contribution in [0.2, 0.25) is 0 Å². The van der Waals surface area contributed by atoms with Crippen LogP contribution in [0.1, 0.15) is 0 Å². The average Bonchev–Trinajstić information content (AvgIpc) is 1.58. The summed E-state index contributed by atoms with van der Waals surface area (Å²) >= 11 is 0. The van der Waals surface area contributed by atoms with Gasteiger partial charge in [0.15, 0.2) is 29.1 Å². The lowest BCUT2D eigenvalue weighted by molar-refractivity contribution is 0.953. The van der Waals surface area contributed by atoms with E-state index in [1.807, 2.05) is 97.1 Å². The molecular weight excluding hydrogens is 1830 g/mol. The van der Waals surface area contributed by atoms with Gasteiger partial charge in [-0.25, -0.2) is 19.9 Å². The molecule has 0 bridgehead atoms. The fourth-order valence-electron chi connectivity index (χ4n) is 22.0. The molecule has 14 nitrogen and oxygen atoms in total. The molecule has 0 aliphatic rings. The highest BCUT2D eigenvalue weighted by molar-refractivity contribution is 6.17. The first-order valence-corrected chi connectivity index (χ1v) is 50.5. The van der Waals surface area contributed by atoms with E-state index >= 15 is 0 Å². The quantitative estimate of drug-likeness (QED) is 0.0991. The summed E-state index contributed by atoms with van der Waals surface area (Å²) in [5.74, 6) is 5.18.